The van der Waals surface area contributed by atoms with Gasteiger partial charge in [0.15, 0.2) is 11.7 Å². The summed E-state index contributed by atoms with van der Waals surface area (Å²) in [6, 6.07) is 2.13. The highest BCUT2D eigenvalue weighted by Crippen LogP contribution is 2.33. The number of aliphatic imine (C=N–C) groups is 1. The minimum atomic E-state index is -4.52. The van der Waals surface area contributed by atoms with Crippen LogP contribution in [0.3, 0.4) is 0 Å². The first-order valence-electron chi connectivity index (χ1n) is 8.41. The van der Waals surface area contributed by atoms with Crippen LogP contribution in [-0.2, 0) is 18.9 Å². The summed E-state index contributed by atoms with van der Waals surface area (Å²) in [4.78, 5) is 11.3. The standard InChI is InChI=1S/C16H18F6N6S.HI/c1-2-23-14(27-8-12-28-11(9-29-12)16(20,21)22)26-7-6-25-13-10(15(17,18)19)4-3-5-24-13;/h3-5,9H,2,6-8H2,1H3,(H,24,25)(H2,23,26,27);1H. The molecule has 0 aliphatic heterocycles. The molecule has 168 valence electrons. The molecule has 0 amide bonds. The third-order valence-electron chi connectivity index (χ3n) is 3.38. The highest BCUT2D eigenvalue weighted by atomic mass is 127. The Labute approximate surface area is 189 Å². The number of rotatable bonds is 7. The molecule has 0 saturated carbocycles. The van der Waals surface area contributed by atoms with Gasteiger partial charge >= 0.3 is 12.4 Å². The monoisotopic (exact) mass is 568 g/mol. The minimum absolute atomic E-state index is 0. The average molecular weight is 568 g/mol. The van der Waals surface area contributed by atoms with Gasteiger partial charge in [-0.3, -0.25) is 0 Å². The van der Waals surface area contributed by atoms with E-state index in [0.29, 0.717) is 12.5 Å². The number of nitrogens with zero attached hydrogens (tertiary/aromatic N) is 3. The quantitative estimate of drug-likeness (QED) is 0.152. The molecular weight excluding hydrogens is 549 g/mol. The van der Waals surface area contributed by atoms with Crippen molar-refractivity contribution in [1.29, 1.82) is 0 Å². The number of aromatic nitrogens is 2. The molecule has 0 aromatic carbocycles. The number of hydrogen-bond acceptors (Lipinski definition) is 5. The summed E-state index contributed by atoms with van der Waals surface area (Å²) in [5.41, 5.74) is -1.84. The van der Waals surface area contributed by atoms with Crippen molar-refractivity contribution in [2.75, 3.05) is 25.0 Å². The molecule has 6 nitrogen and oxygen atoms in total. The number of alkyl halides is 6. The number of thiazole rings is 1. The Kier molecular flexibility index (Phi) is 10.1. The number of hydrogen-bond donors (Lipinski definition) is 3. The largest absolute Gasteiger partial charge is 0.434 e. The SMILES string of the molecule is CCNC(=NCc1nc(C(F)(F)F)cs1)NCCNc1ncccc1C(F)(F)F.I. The molecule has 0 fully saturated rings. The second-order valence-electron chi connectivity index (χ2n) is 5.57. The van der Waals surface area contributed by atoms with E-state index < -0.39 is 23.6 Å². The molecule has 0 aliphatic rings. The molecule has 0 unspecified atom stereocenters. The van der Waals surface area contributed by atoms with Crippen LogP contribution in [0.1, 0.15) is 23.2 Å². The molecule has 0 bridgehead atoms. The van der Waals surface area contributed by atoms with E-state index in [-0.39, 0.29) is 54.4 Å². The van der Waals surface area contributed by atoms with E-state index >= 15 is 0 Å². The fourth-order valence-electron chi connectivity index (χ4n) is 2.14. The van der Waals surface area contributed by atoms with Crippen molar-refractivity contribution in [2.45, 2.75) is 25.8 Å². The molecule has 0 saturated heterocycles. The van der Waals surface area contributed by atoms with E-state index in [1.165, 1.54) is 12.3 Å². The van der Waals surface area contributed by atoms with E-state index in [1.54, 1.807) is 6.92 Å². The Morgan fingerprint density at radius 2 is 1.83 bits per heavy atom. The first kappa shape index (κ1) is 26.2. The van der Waals surface area contributed by atoms with Gasteiger partial charge in [0, 0.05) is 31.2 Å². The highest BCUT2D eigenvalue weighted by molar-refractivity contribution is 14.0. The lowest BCUT2D eigenvalue weighted by Crippen LogP contribution is -2.39. The van der Waals surface area contributed by atoms with Gasteiger partial charge in [-0.25, -0.2) is 15.0 Å². The smallest absolute Gasteiger partial charge is 0.368 e. The van der Waals surface area contributed by atoms with Crippen molar-refractivity contribution in [3.63, 3.8) is 0 Å². The molecule has 0 radical (unpaired) electrons. The van der Waals surface area contributed by atoms with Gasteiger partial charge in [0.05, 0.1) is 12.1 Å². The van der Waals surface area contributed by atoms with Gasteiger partial charge in [0.1, 0.15) is 10.8 Å². The summed E-state index contributed by atoms with van der Waals surface area (Å²) in [6.07, 6.45) is -7.78. The van der Waals surface area contributed by atoms with Gasteiger partial charge < -0.3 is 16.0 Å². The molecule has 2 heterocycles. The number of guanidine groups is 1. The van der Waals surface area contributed by atoms with Crippen LogP contribution in [0.25, 0.3) is 0 Å². The predicted octanol–water partition coefficient (Wildman–Crippen LogP) is 4.36. The molecular formula is C16H19F6IN6S. The molecule has 2 rings (SSSR count). The summed E-state index contributed by atoms with van der Waals surface area (Å²) in [6.45, 7) is 2.53. The first-order chi connectivity index (χ1) is 13.6. The second kappa shape index (κ2) is 11.5. The van der Waals surface area contributed by atoms with Crippen LogP contribution in [0.4, 0.5) is 32.2 Å². The van der Waals surface area contributed by atoms with E-state index in [0.717, 1.165) is 22.8 Å². The molecule has 3 N–H and O–H groups in total. The Morgan fingerprint density at radius 3 is 2.43 bits per heavy atom. The minimum Gasteiger partial charge on any atom is -0.368 e. The van der Waals surface area contributed by atoms with Crippen molar-refractivity contribution < 1.29 is 26.3 Å². The Bertz CT molecular complexity index is 823. The van der Waals surface area contributed by atoms with Crippen LogP contribution in [0.2, 0.25) is 0 Å². The van der Waals surface area contributed by atoms with Crippen LogP contribution in [0, 0.1) is 0 Å². The third kappa shape index (κ3) is 8.12. The maximum absolute atomic E-state index is 12.9. The van der Waals surface area contributed by atoms with Gasteiger partial charge in [-0.1, -0.05) is 0 Å². The number of nitrogens with one attached hydrogen (secondary N) is 3. The van der Waals surface area contributed by atoms with Crippen LogP contribution >= 0.6 is 35.3 Å². The fourth-order valence-corrected chi connectivity index (χ4v) is 2.86. The van der Waals surface area contributed by atoms with Gasteiger partial charge in [0.2, 0.25) is 0 Å². The van der Waals surface area contributed by atoms with E-state index in [1.807, 2.05) is 0 Å². The van der Waals surface area contributed by atoms with Crippen molar-refractivity contribution in [2.24, 2.45) is 4.99 Å². The first-order valence-corrected chi connectivity index (χ1v) is 9.29. The zero-order valence-electron chi connectivity index (χ0n) is 15.6. The molecule has 0 spiro atoms. The lowest BCUT2D eigenvalue weighted by Gasteiger charge is -2.14. The van der Waals surface area contributed by atoms with Gasteiger partial charge in [-0.15, -0.1) is 35.3 Å². The Balaban J connectivity index is 0.00000450. The van der Waals surface area contributed by atoms with Gasteiger partial charge in [-0.2, -0.15) is 26.3 Å². The molecule has 30 heavy (non-hydrogen) atoms. The van der Waals surface area contributed by atoms with Crippen LogP contribution in [0.15, 0.2) is 28.7 Å². The summed E-state index contributed by atoms with van der Waals surface area (Å²) >= 11 is 0.845. The lowest BCUT2D eigenvalue weighted by molar-refractivity contribution is -0.141. The van der Waals surface area contributed by atoms with Gasteiger partial charge in [0.25, 0.3) is 0 Å². The lowest BCUT2D eigenvalue weighted by atomic mass is 10.2. The van der Waals surface area contributed by atoms with Crippen molar-refractivity contribution in [3.8, 4) is 0 Å². The molecule has 0 atom stereocenters. The topological polar surface area (TPSA) is 74.2 Å². The maximum atomic E-state index is 12.9. The predicted molar refractivity (Wildman–Crippen MR) is 113 cm³/mol. The van der Waals surface area contributed by atoms with Crippen LogP contribution in [-0.4, -0.2) is 35.6 Å². The fraction of sp³-hybridized carbons (Fsp3) is 0.438. The molecule has 14 heteroatoms. The van der Waals surface area contributed by atoms with Crippen molar-refractivity contribution >= 4 is 47.1 Å². The molecule has 2 aromatic rings. The average Bonchev–Trinajstić information content (AvgIpc) is 3.12. The van der Waals surface area contributed by atoms with Gasteiger partial charge in [-0.05, 0) is 19.1 Å². The van der Waals surface area contributed by atoms with E-state index in [4.69, 9.17) is 0 Å². The Hall–Kier alpha value is -1.84. The molecule has 2 aromatic heterocycles. The summed E-state index contributed by atoms with van der Waals surface area (Å²) in [7, 11) is 0. The summed E-state index contributed by atoms with van der Waals surface area (Å²) in [5, 5.41) is 9.48. The second-order valence-corrected chi connectivity index (χ2v) is 6.51. The third-order valence-corrected chi connectivity index (χ3v) is 4.22. The van der Waals surface area contributed by atoms with E-state index in [9.17, 15) is 26.3 Å². The van der Waals surface area contributed by atoms with Crippen molar-refractivity contribution in [3.05, 3.63) is 40.0 Å². The summed E-state index contributed by atoms with van der Waals surface area (Å²) in [5.74, 6) is 0.0151. The van der Waals surface area contributed by atoms with Crippen molar-refractivity contribution in [1.82, 2.24) is 20.6 Å². The normalized spacial score (nSPS) is 12.3. The maximum Gasteiger partial charge on any atom is 0.434 e. The van der Waals surface area contributed by atoms with Crippen LogP contribution in [0.5, 0.6) is 0 Å². The van der Waals surface area contributed by atoms with Crippen LogP contribution < -0.4 is 16.0 Å². The zero-order valence-corrected chi connectivity index (χ0v) is 18.7. The number of pyridine rings is 1. The summed E-state index contributed by atoms with van der Waals surface area (Å²) < 4.78 is 76.5. The van der Waals surface area contributed by atoms with E-state index in [2.05, 4.69) is 30.9 Å². The number of halogens is 7. The Morgan fingerprint density at radius 1 is 1.10 bits per heavy atom. The molecule has 0 aliphatic carbocycles. The zero-order chi connectivity index (χ0) is 21.5. The highest BCUT2D eigenvalue weighted by Gasteiger charge is 2.34. The number of anilines is 1.